The van der Waals surface area contributed by atoms with E-state index >= 15 is 0 Å². The first kappa shape index (κ1) is 18.4. The van der Waals surface area contributed by atoms with Gasteiger partial charge in [-0.2, -0.15) is 0 Å². The highest BCUT2D eigenvalue weighted by atomic mass is 79.9. The standard InChI is InChI=1S/C19H25BrN2O3/c1-3-22(4-2)18(24)13-21-9-7-19(8-10-21)12-16(23)15-11-14(20)5-6-17(15)25-19/h5-6,11H,3-4,7-10,12-13H2,1-2H3. The highest BCUT2D eigenvalue weighted by Gasteiger charge is 2.43. The topological polar surface area (TPSA) is 49.9 Å². The summed E-state index contributed by atoms with van der Waals surface area (Å²) >= 11 is 3.41. The van der Waals surface area contributed by atoms with Gasteiger partial charge >= 0.3 is 0 Å². The zero-order valence-corrected chi connectivity index (χ0v) is 16.5. The van der Waals surface area contributed by atoms with Gasteiger partial charge in [-0.3, -0.25) is 14.5 Å². The number of ether oxygens (including phenoxy) is 1. The molecule has 0 N–H and O–H groups in total. The van der Waals surface area contributed by atoms with Crippen molar-refractivity contribution in [1.82, 2.24) is 9.80 Å². The number of carbonyl (C=O) groups is 2. The number of benzene rings is 1. The molecule has 25 heavy (non-hydrogen) atoms. The molecule has 1 fully saturated rings. The molecule has 1 aromatic rings. The number of piperidine rings is 1. The van der Waals surface area contributed by atoms with Crippen LogP contribution in [0.4, 0.5) is 0 Å². The molecule has 1 aromatic carbocycles. The van der Waals surface area contributed by atoms with Crippen molar-refractivity contribution in [1.29, 1.82) is 0 Å². The van der Waals surface area contributed by atoms with E-state index in [4.69, 9.17) is 4.74 Å². The summed E-state index contributed by atoms with van der Waals surface area (Å²) in [5, 5.41) is 0. The van der Waals surface area contributed by atoms with Gasteiger partial charge in [0.05, 0.1) is 18.5 Å². The number of halogens is 1. The van der Waals surface area contributed by atoms with Gasteiger partial charge in [-0.25, -0.2) is 0 Å². The van der Waals surface area contributed by atoms with E-state index in [0.717, 1.165) is 43.5 Å². The maximum atomic E-state index is 12.6. The zero-order valence-electron chi connectivity index (χ0n) is 14.9. The van der Waals surface area contributed by atoms with Crippen molar-refractivity contribution >= 4 is 27.6 Å². The van der Waals surface area contributed by atoms with Crippen LogP contribution in [0.1, 0.15) is 43.5 Å². The van der Waals surface area contributed by atoms with E-state index in [1.54, 1.807) is 0 Å². The molecule has 0 aromatic heterocycles. The summed E-state index contributed by atoms with van der Waals surface area (Å²) in [5.74, 6) is 1.01. The number of amides is 1. The fourth-order valence-corrected chi connectivity index (χ4v) is 4.09. The van der Waals surface area contributed by atoms with Crippen LogP contribution in [0.15, 0.2) is 22.7 Å². The number of nitrogens with zero attached hydrogens (tertiary/aromatic N) is 2. The lowest BCUT2D eigenvalue weighted by Gasteiger charge is -2.44. The second-order valence-corrected chi connectivity index (χ2v) is 7.78. The SMILES string of the molecule is CCN(CC)C(=O)CN1CCC2(CC1)CC(=O)c1cc(Br)ccc1O2. The molecule has 1 saturated heterocycles. The Morgan fingerprint density at radius 3 is 2.60 bits per heavy atom. The van der Waals surface area contributed by atoms with Crippen LogP contribution in [0, 0.1) is 0 Å². The van der Waals surface area contributed by atoms with Gasteiger partial charge in [-0.15, -0.1) is 0 Å². The summed E-state index contributed by atoms with van der Waals surface area (Å²) in [5.41, 5.74) is 0.256. The summed E-state index contributed by atoms with van der Waals surface area (Å²) in [6.07, 6.45) is 1.98. The fraction of sp³-hybridized carbons (Fsp3) is 0.579. The summed E-state index contributed by atoms with van der Waals surface area (Å²) in [6.45, 7) is 7.52. The van der Waals surface area contributed by atoms with E-state index in [1.165, 1.54) is 0 Å². The van der Waals surface area contributed by atoms with Crippen molar-refractivity contribution in [2.75, 3.05) is 32.7 Å². The smallest absolute Gasteiger partial charge is 0.236 e. The van der Waals surface area contributed by atoms with Crippen molar-refractivity contribution < 1.29 is 14.3 Å². The first-order valence-corrected chi connectivity index (χ1v) is 9.77. The molecule has 0 atom stereocenters. The molecule has 6 heteroatoms. The monoisotopic (exact) mass is 408 g/mol. The number of ketones is 1. The van der Waals surface area contributed by atoms with E-state index in [1.807, 2.05) is 36.9 Å². The molecule has 2 heterocycles. The summed E-state index contributed by atoms with van der Waals surface area (Å²) in [7, 11) is 0. The fourth-order valence-electron chi connectivity index (χ4n) is 3.73. The molecule has 1 spiro atoms. The van der Waals surface area contributed by atoms with Gasteiger partial charge in [0.2, 0.25) is 5.91 Å². The largest absolute Gasteiger partial charge is 0.486 e. The van der Waals surface area contributed by atoms with Gasteiger partial charge in [0, 0.05) is 43.5 Å². The molecule has 136 valence electrons. The number of rotatable bonds is 4. The quantitative estimate of drug-likeness (QED) is 0.767. The van der Waals surface area contributed by atoms with E-state index < -0.39 is 5.60 Å². The zero-order chi connectivity index (χ0) is 18.0. The van der Waals surface area contributed by atoms with Gasteiger partial charge in [0.15, 0.2) is 5.78 Å². The van der Waals surface area contributed by atoms with Crippen LogP contribution in [-0.2, 0) is 4.79 Å². The second-order valence-electron chi connectivity index (χ2n) is 6.87. The van der Waals surface area contributed by atoms with Crippen molar-refractivity contribution in [2.24, 2.45) is 0 Å². The molecule has 0 aliphatic carbocycles. The van der Waals surface area contributed by atoms with Gasteiger partial charge in [-0.1, -0.05) is 15.9 Å². The molecule has 3 rings (SSSR count). The van der Waals surface area contributed by atoms with Crippen LogP contribution in [0.25, 0.3) is 0 Å². The third-order valence-electron chi connectivity index (χ3n) is 5.29. The minimum atomic E-state index is -0.410. The Labute approximate surface area is 157 Å². The van der Waals surface area contributed by atoms with E-state index in [-0.39, 0.29) is 11.7 Å². The minimum Gasteiger partial charge on any atom is -0.486 e. The molecule has 0 saturated carbocycles. The Balaban J connectivity index is 1.63. The highest BCUT2D eigenvalue weighted by Crippen LogP contribution is 2.40. The number of likely N-dealkylation sites (N-methyl/N-ethyl adjacent to an activating group) is 1. The predicted octanol–water partition coefficient (Wildman–Crippen LogP) is 3.12. The Hall–Kier alpha value is -1.40. The Bertz CT molecular complexity index is 665. The van der Waals surface area contributed by atoms with Crippen LogP contribution in [0.3, 0.4) is 0 Å². The third-order valence-corrected chi connectivity index (χ3v) is 5.79. The lowest BCUT2D eigenvalue weighted by molar-refractivity contribution is -0.133. The molecule has 0 unspecified atom stereocenters. The Morgan fingerprint density at radius 1 is 1.28 bits per heavy atom. The van der Waals surface area contributed by atoms with Gasteiger partial charge in [-0.05, 0) is 32.0 Å². The maximum Gasteiger partial charge on any atom is 0.236 e. The number of likely N-dealkylation sites (tertiary alicyclic amines) is 1. The van der Waals surface area contributed by atoms with Gasteiger partial charge in [0.1, 0.15) is 11.4 Å². The van der Waals surface area contributed by atoms with E-state index in [0.29, 0.717) is 24.3 Å². The molecular formula is C19H25BrN2O3. The number of hydrogen-bond donors (Lipinski definition) is 0. The Kier molecular flexibility index (Phi) is 5.49. The molecular weight excluding hydrogens is 384 g/mol. The Morgan fingerprint density at radius 2 is 1.96 bits per heavy atom. The molecule has 5 nitrogen and oxygen atoms in total. The van der Waals surface area contributed by atoms with Gasteiger partial charge < -0.3 is 9.64 Å². The number of fused-ring (bicyclic) bond motifs is 1. The average Bonchev–Trinajstić information content (AvgIpc) is 2.59. The van der Waals surface area contributed by atoms with Crippen molar-refractivity contribution in [3.05, 3.63) is 28.2 Å². The molecule has 0 bridgehead atoms. The van der Waals surface area contributed by atoms with Gasteiger partial charge in [0.25, 0.3) is 0 Å². The second kappa shape index (κ2) is 7.46. The number of Topliss-reactive ketones (excluding diaryl/α,β-unsaturated/α-hetero) is 1. The number of hydrogen-bond acceptors (Lipinski definition) is 4. The van der Waals surface area contributed by atoms with Crippen molar-refractivity contribution in [3.63, 3.8) is 0 Å². The minimum absolute atomic E-state index is 0.148. The molecule has 1 amide bonds. The molecule has 2 aliphatic heterocycles. The predicted molar refractivity (Wildman–Crippen MR) is 100 cm³/mol. The van der Waals surface area contributed by atoms with Crippen LogP contribution >= 0.6 is 15.9 Å². The van der Waals surface area contributed by atoms with Crippen LogP contribution in [-0.4, -0.2) is 59.8 Å². The lowest BCUT2D eigenvalue weighted by atomic mass is 9.82. The first-order chi connectivity index (χ1) is 12.0. The molecule has 0 radical (unpaired) electrons. The van der Waals surface area contributed by atoms with Crippen molar-refractivity contribution in [3.8, 4) is 5.75 Å². The van der Waals surface area contributed by atoms with Crippen molar-refractivity contribution in [2.45, 2.75) is 38.7 Å². The summed E-state index contributed by atoms with van der Waals surface area (Å²) in [4.78, 5) is 28.9. The highest BCUT2D eigenvalue weighted by molar-refractivity contribution is 9.10. The normalized spacial score (nSPS) is 19.4. The van der Waals surface area contributed by atoms with Crippen LogP contribution in [0.2, 0.25) is 0 Å². The third kappa shape index (κ3) is 3.90. The average molecular weight is 409 g/mol. The van der Waals surface area contributed by atoms with E-state index in [9.17, 15) is 9.59 Å². The van der Waals surface area contributed by atoms with Crippen LogP contribution in [0.5, 0.6) is 5.75 Å². The lowest BCUT2D eigenvalue weighted by Crippen LogP contribution is -2.52. The van der Waals surface area contributed by atoms with E-state index in [2.05, 4.69) is 20.8 Å². The summed E-state index contributed by atoms with van der Waals surface area (Å²) in [6, 6.07) is 5.61. The first-order valence-electron chi connectivity index (χ1n) is 8.98. The van der Waals surface area contributed by atoms with Crippen LogP contribution < -0.4 is 4.74 Å². The maximum absolute atomic E-state index is 12.6. The summed E-state index contributed by atoms with van der Waals surface area (Å²) < 4.78 is 7.16. The number of carbonyl (C=O) groups excluding carboxylic acids is 2. The molecule has 2 aliphatic rings.